The van der Waals surface area contributed by atoms with Gasteiger partial charge in [-0.25, -0.2) is 0 Å². The summed E-state index contributed by atoms with van der Waals surface area (Å²) in [6.45, 7) is 4.60. The highest BCUT2D eigenvalue weighted by Gasteiger charge is 2.27. The smallest absolute Gasteiger partial charge is 0.00341 e. The van der Waals surface area contributed by atoms with Gasteiger partial charge in [-0.3, -0.25) is 0 Å². The molecule has 1 saturated carbocycles. The lowest BCUT2D eigenvalue weighted by Gasteiger charge is -2.31. The number of hydrogen-bond acceptors (Lipinski definition) is 0. The second kappa shape index (κ2) is 7.91. The van der Waals surface area contributed by atoms with Crippen LogP contribution in [0.5, 0.6) is 0 Å². The van der Waals surface area contributed by atoms with Crippen molar-refractivity contribution < 1.29 is 0 Å². The fraction of sp³-hybridized carbons (Fsp3) is 1.00. The Morgan fingerprint density at radius 3 is 2.40 bits per heavy atom. The molecule has 1 aliphatic rings. The molecule has 0 aliphatic heterocycles. The molecule has 0 aromatic rings. The predicted molar refractivity (Wildman–Crippen MR) is 73.3 cm³/mol. The quantitative estimate of drug-likeness (QED) is 0.512. The van der Waals surface area contributed by atoms with Crippen LogP contribution in [0.15, 0.2) is 0 Å². The molecule has 0 aromatic heterocycles. The molecular formula is C13H26ClP. The first-order valence-electron chi connectivity index (χ1n) is 6.73. The van der Waals surface area contributed by atoms with E-state index in [9.17, 15) is 0 Å². The van der Waals surface area contributed by atoms with Crippen LogP contribution in [0.1, 0.15) is 71.6 Å². The molecule has 0 spiro atoms. The van der Waals surface area contributed by atoms with E-state index in [2.05, 4.69) is 13.8 Å². The molecule has 90 valence electrons. The maximum atomic E-state index is 6.73. The van der Waals surface area contributed by atoms with Crippen LogP contribution in [0.25, 0.3) is 0 Å². The molecule has 1 rings (SSSR count). The molecule has 0 radical (unpaired) electrons. The molecule has 1 fully saturated rings. The maximum absolute atomic E-state index is 6.73. The lowest BCUT2D eigenvalue weighted by Crippen LogP contribution is -2.15. The van der Waals surface area contributed by atoms with Crippen LogP contribution in [0.2, 0.25) is 0 Å². The van der Waals surface area contributed by atoms with Gasteiger partial charge in [0.25, 0.3) is 0 Å². The molecule has 2 unspecified atom stereocenters. The second-order valence-corrected chi connectivity index (χ2v) is 8.16. The van der Waals surface area contributed by atoms with Gasteiger partial charge in [-0.15, -0.1) is 0 Å². The molecule has 0 bridgehead atoms. The van der Waals surface area contributed by atoms with Crippen molar-refractivity contribution in [2.24, 2.45) is 0 Å². The number of unbranched alkanes of at least 4 members (excludes halogenated alkanes) is 1. The monoisotopic (exact) mass is 248 g/mol. The molecule has 15 heavy (non-hydrogen) atoms. The maximum Gasteiger partial charge on any atom is -0.00341 e. The Labute approximate surface area is 102 Å². The number of halogens is 1. The van der Waals surface area contributed by atoms with Gasteiger partial charge in [-0.2, -0.15) is 0 Å². The van der Waals surface area contributed by atoms with Gasteiger partial charge in [0, 0.05) is 0 Å². The summed E-state index contributed by atoms with van der Waals surface area (Å²) in [5.74, 6) is 0. The molecule has 2 heteroatoms. The van der Waals surface area contributed by atoms with E-state index in [1.165, 1.54) is 57.8 Å². The highest BCUT2D eigenvalue weighted by atomic mass is 35.7. The Bertz CT molecular complexity index is 155. The standard InChI is InChI=1S/C13H26ClP/c1-3-5-9-12(4-2)15(14)13-10-7-6-8-11-13/h12-13H,3-11H2,1-2H3. The minimum absolute atomic E-state index is 0.202. The molecule has 0 saturated heterocycles. The topological polar surface area (TPSA) is 0 Å². The molecule has 0 heterocycles. The van der Waals surface area contributed by atoms with Gasteiger partial charge < -0.3 is 0 Å². The highest BCUT2D eigenvalue weighted by molar-refractivity contribution is 7.85. The Morgan fingerprint density at radius 1 is 1.20 bits per heavy atom. The summed E-state index contributed by atoms with van der Waals surface area (Å²) < 4.78 is 0. The highest BCUT2D eigenvalue weighted by Crippen LogP contribution is 2.57. The SMILES string of the molecule is CCCCC(CC)P(Cl)C1CCCCC1. The van der Waals surface area contributed by atoms with E-state index in [0.717, 1.165) is 11.3 Å². The zero-order valence-electron chi connectivity index (χ0n) is 10.3. The Balaban J connectivity index is 2.36. The molecule has 0 aromatic carbocycles. The fourth-order valence-corrected chi connectivity index (χ4v) is 6.09. The van der Waals surface area contributed by atoms with Crippen LogP contribution >= 0.6 is 18.5 Å². The van der Waals surface area contributed by atoms with Crippen molar-refractivity contribution in [1.29, 1.82) is 0 Å². The summed E-state index contributed by atoms with van der Waals surface area (Å²) >= 11 is 6.73. The Morgan fingerprint density at radius 2 is 1.87 bits per heavy atom. The number of rotatable bonds is 6. The third-order valence-electron chi connectivity index (χ3n) is 3.63. The van der Waals surface area contributed by atoms with Gasteiger partial charge in [-0.1, -0.05) is 57.2 Å². The first kappa shape index (κ1) is 13.8. The molecule has 0 amide bonds. The first-order valence-corrected chi connectivity index (χ1v) is 9.12. The number of hydrogen-bond donors (Lipinski definition) is 0. The summed E-state index contributed by atoms with van der Waals surface area (Å²) in [5, 5.41) is 0. The van der Waals surface area contributed by atoms with E-state index in [-0.39, 0.29) is 7.27 Å². The lowest BCUT2D eigenvalue weighted by atomic mass is 10.0. The van der Waals surface area contributed by atoms with Crippen LogP contribution in [-0.4, -0.2) is 11.3 Å². The van der Waals surface area contributed by atoms with Crippen LogP contribution < -0.4 is 0 Å². The van der Waals surface area contributed by atoms with Crippen molar-refractivity contribution >= 4 is 18.5 Å². The van der Waals surface area contributed by atoms with Crippen LogP contribution in [0.3, 0.4) is 0 Å². The van der Waals surface area contributed by atoms with Crippen LogP contribution in [-0.2, 0) is 0 Å². The van der Waals surface area contributed by atoms with E-state index >= 15 is 0 Å². The van der Waals surface area contributed by atoms with Crippen LogP contribution in [0.4, 0.5) is 0 Å². The van der Waals surface area contributed by atoms with Crippen molar-refractivity contribution in [3.8, 4) is 0 Å². The van der Waals surface area contributed by atoms with Gasteiger partial charge in [0.05, 0.1) is 0 Å². The summed E-state index contributed by atoms with van der Waals surface area (Å²) in [6, 6.07) is 0. The van der Waals surface area contributed by atoms with Crippen molar-refractivity contribution in [2.75, 3.05) is 0 Å². The van der Waals surface area contributed by atoms with E-state index in [1.807, 2.05) is 0 Å². The van der Waals surface area contributed by atoms with E-state index in [1.54, 1.807) is 0 Å². The molecular weight excluding hydrogens is 223 g/mol. The largest absolute Gasteiger partial charge is 0.0958 e. The molecule has 2 atom stereocenters. The van der Waals surface area contributed by atoms with Gasteiger partial charge in [0.15, 0.2) is 0 Å². The van der Waals surface area contributed by atoms with Gasteiger partial charge in [0.1, 0.15) is 0 Å². The third-order valence-corrected chi connectivity index (χ3v) is 7.83. The van der Waals surface area contributed by atoms with Crippen molar-refractivity contribution in [3.63, 3.8) is 0 Å². The second-order valence-electron chi connectivity index (χ2n) is 4.84. The average Bonchev–Trinajstić information content (AvgIpc) is 2.31. The van der Waals surface area contributed by atoms with Crippen molar-refractivity contribution in [3.05, 3.63) is 0 Å². The van der Waals surface area contributed by atoms with Crippen molar-refractivity contribution in [1.82, 2.24) is 0 Å². The van der Waals surface area contributed by atoms with Gasteiger partial charge >= 0.3 is 0 Å². The minimum Gasteiger partial charge on any atom is -0.0958 e. The lowest BCUT2D eigenvalue weighted by molar-refractivity contribution is 0.508. The molecule has 1 aliphatic carbocycles. The fourth-order valence-electron chi connectivity index (χ4n) is 2.57. The summed E-state index contributed by atoms with van der Waals surface area (Å²) in [5.41, 5.74) is 1.72. The Hall–Kier alpha value is 0.720. The average molecular weight is 249 g/mol. The predicted octanol–water partition coefficient (Wildman–Crippen LogP) is 5.92. The van der Waals surface area contributed by atoms with Gasteiger partial charge in [0.2, 0.25) is 0 Å². The summed E-state index contributed by atoms with van der Waals surface area (Å²) in [7, 11) is -0.202. The van der Waals surface area contributed by atoms with Crippen molar-refractivity contribution in [2.45, 2.75) is 83.0 Å². The summed E-state index contributed by atoms with van der Waals surface area (Å²) in [4.78, 5) is 0. The molecule has 0 N–H and O–H groups in total. The molecule has 0 nitrogen and oxygen atoms in total. The van der Waals surface area contributed by atoms with E-state index < -0.39 is 0 Å². The van der Waals surface area contributed by atoms with Crippen LogP contribution in [0, 0.1) is 0 Å². The zero-order valence-corrected chi connectivity index (χ0v) is 12.0. The van der Waals surface area contributed by atoms with Gasteiger partial charge in [-0.05, 0) is 44.3 Å². The van der Waals surface area contributed by atoms with E-state index in [4.69, 9.17) is 11.2 Å². The first-order chi connectivity index (χ1) is 7.29. The normalized spacial score (nSPS) is 22.6. The minimum atomic E-state index is -0.202. The van der Waals surface area contributed by atoms with E-state index in [0.29, 0.717) is 0 Å². The zero-order chi connectivity index (χ0) is 11.1. The summed E-state index contributed by atoms with van der Waals surface area (Å²) in [6.07, 6.45) is 12.5. The third kappa shape index (κ3) is 4.61. The Kier molecular flexibility index (Phi) is 7.27.